The van der Waals surface area contributed by atoms with Gasteiger partial charge in [-0.1, -0.05) is 6.92 Å². The summed E-state index contributed by atoms with van der Waals surface area (Å²) in [5.41, 5.74) is 0. The molecule has 2 fully saturated rings. The van der Waals surface area contributed by atoms with Crippen LogP contribution in [0, 0.1) is 0 Å². The summed E-state index contributed by atoms with van der Waals surface area (Å²) in [5, 5.41) is 3.37. The van der Waals surface area contributed by atoms with E-state index in [2.05, 4.69) is 34.0 Å². The Balaban J connectivity index is 1.76. The summed E-state index contributed by atoms with van der Waals surface area (Å²) in [5.74, 6) is 0. The zero-order valence-corrected chi connectivity index (χ0v) is 12.2. The largest absolute Gasteiger partial charge is 0.298 e. The minimum atomic E-state index is 0.484. The van der Waals surface area contributed by atoms with Gasteiger partial charge in [-0.2, -0.15) is 0 Å². The molecule has 1 aromatic heterocycles. The fourth-order valence-electron chi connectivity index (χ4n) is 3.53. The Morgan fingerprint density at radius 1 is 1.50 bits per heavy atom. The van der Waals surface area contributed by atoms with Crippen molar-refractivity contribution in [2.75, 3.05) is 19.6 Å². The number of fused-ring (bicyclic) bond motifs is 1. The molecule has 3 atom stereocenters. The first kappa shape index (κ1) is 12.6. The molecule has 0 aromatic carbocycles. The summed E-state index contributed by atoms with van der Waals surface area (Å²) >= 11 is 1.80. The third-order valence-electron chi connectivity index (χ3n) is 4.61. The van der Waals surface area contributed by atoms with E-state index in [1.807, 2.05) is 6.20 Å². The molecule has 0 radical (unpaired) electrons. The number of rotatable bonds is 3. The van der Waals surface area contributed by atoms with Gasteiger partial charge in [0.2, 0.25) is 0 Å². The smallest absolute Gasteiger partial charge is 0.109 e. The number of thiazole rings is 1. The van der Waals surface area contributed by atoms with Gasteiger partial charge in [0.1, 0.15) is 5.01 Å². The van der Waals surface area contributed by atoms with E-state index in [0.29, 0.717) is 12.1 Å². The molecule has 0 N–H and O–H groups in total. The Kier molecular flexibility index (Phi) is 3.68. The molecule has 4 heteroatoms. The van der Waals surface area contributed by atoms with Crippen LogP contribution in [0.4, 0.5) is 0 Å². The highest BCUT2D eigenvalue weighted by Gasteiger charge is 2.37. The molecule has 2 aliphatic heterocycles. The lowest BCUT2D eigenvalue weighted by Gasteiger charge is -2.45. The Morgan fingerprint density at radius 2 is 2.39 bits per heavy atom. The molecule has 0 aliphatic carbocycles. The maximum Gasteiger partial charge on any atom is 0.109 e. The van der Waals surface area contributed by atoms with E-state index < -0.39 is 0 Å². The molecule has 2 aliphatic rings. The number of nitrogens with zero attached hydrogens (tertiary/aromatic N) is 3. The van der Waals surface area contributed by atoms with E-state index in [1.165, 1.54) is 43.9 Å². The molecule has 0 saturated carbocycles. The maximum atomic E-state index is 4.51. The molecule has 18 heavy (non-hydrogen) atoms. The van der Waals surface area contributed by atoms with Crippen molar-refractivity contribution in [3.05, 3.63) is 16.6 Å². The lowest BCUT2D eigenvalue weighted by Crippen LogP contribution is -2.56. The summed E-state index contributed by atoms with van der Waals surface area (Å²) in [7, 11) is 0. The van der Waals surface area contributed by atoms with E-state index in [0.717, 1.165) is 6.04 Å². The van der Waals surface area contributed by atoms with Gasteiger partial charge in [0.25, 0.3) is 0 Å². The average molecular weight is 265 g/mol. The highest BCUT2D eigenvalue weighted by atomic mass is 32.1. The van der Waals surface area contributed by atoms with Crippen molar-refractivity contribution in [3.63, 3.8) is 0 Å². The average Bonchev–Trinajstić information content (AvgIpc) is 3.06. The third-order valence-corrected chi connectivity index (χ3v) is 5.56. The van der Waals surface area contributed by atoms with Gasteiger partial charge < -0.3 is 0 Å². The Bertz CT molecular complexity index is 378. The van der Waals surface area contributed by atoms with Gasteiger partial charge in [-0.05, 0) is 32.7 Å². The Morgan fingerprint density at radius 3 is 3.11 bits per heavy atom. The minimum absolute atomic E-state index is 0.484. The molecule has 0 spiro atoms. The van der Waals surface area contributed by atoms with Crippen molar-refractivity contribution < 1.29 is 0 Å². The molecular weight excluding hydrogens is 242 g/mol. The fraction of sp³-hybridized carbons (Fsp3) is 0.786. The van der Waals surface area contributed by atoms with Crippen molar-refractivity contribution in [2.24, 2.45) is 0 Å². The standard InChI is InChI=1S/C14H23N3S/c1-3-12-9-16-7-4-5-13(16)10-17(12)11(2)14-15-6-8-18-14/h6,8,11-13H,3-5,7,9-10H2,1-2H3. The van der Waals surface area contributed by atoms with Crippen molar-refractivity contribution in [2.45, 2.75) is 51.2 Å². The third kappa shape index (κ3) is 2.22. The van der Waals surface area contributed by atoms with Crippen LogP contribution in [0.25, 0.3) is 0 Å². The highest BCUT2D eigenvalue weighted by molar-refractivity contribution is 7.09. The fourth-order valence-corrected chi connectivity index (χ4v) is 4.25. The molecule has 3 nitrogen and oxygen atoms in total. The normalized spacial score (nSPS) is 31.4. The first-order chi connectivity index (χ1) is 8.79. The second-order valence-corrected chi connectivity index (χ2v) is 6.52. The summed E-state index contributed by atoms with van der Waals surface area (Å²) in [6.45, 7) is 8.46. The molecule has 0 bridgehead atoms. The van der Waals surface area contributed by atoms with Gasteiger partial charge in [0, 0.05) is 36.8 Å². The van der Waals surface area contributed by atoms with Gasteiger partial charge >= 0.3 is 0 Å². The first-order valence-corrected chi connectivity index (χ1v) is 8.06. The van der Waals surface area contributed by atoms with Crippen LogP contribution in [-0.4, -0.2) is 46.5 Å². The molecule has 1 aromatic rings. The van der Waals surface area contributed by atoms with Crippen LogP contribution in [0.3, 0.4) is 0 Å². The monoisotopic (exact) mass is 265 g/mol. The molecule has 0 amide bonds. The maximum absolute atomic E-state index is 4.51. The van der Waals surface area contributed by atoms with Crippen molar-refractivity contribution in [1.29, 1.82) is 0 Å². The second kappa shape index (κ2) is 5.27. The SMILES string of the molecule is CCC1CN2CCCC2CN1C(C)c1nccs1. The molecular formula is C14H23N3S. The summed E-state index contributed by atoms with van der Waals surface area (Å²) in [6.07, 6.45) is 5.96. The van der Waals surface area contributed by atoms with E-state index in [-0.39, 0.29) is 0 Å². The van der Waals surface area contributed by atoms with Crippen molar-refractivity contribution in [3.8, 4) is 0 Å². The van der Waals surface area contributed by atoms with E-state index in [9.17, 15) is 0 Å². The summed E-state index contributed by atoms with van der Waals surface area (Å²) in [4.78, 5) is 9.92. The molecule has 3 rings (SSSR count). The van der Waals surface area contributed by atoms with Crippen LogP contribution in [0.5, 0.6) is 0 Å². The molecule has 2 saturated heterocycles. The molecule has 3 unspecified atom stereocenters. The van der Waals surface area contributed by atoms with Gasteiger partial charge in [-0.15, -0.1) is 11.3 Å². The van der Waals surface area contributed by atoms with Crippen LogP contribution in [0.1, 0.15) is 44.2 Å². The predicted molar refractivity (Wildman–Crippen MR) is 75.9 cm³/mol. The molecule has 3 heterocycles. The number of aromatic nitrogens is 1. The summed E-state index contributed by atoms with van der Waals surface area (Å²) in [6, 6.07) is 1.99. The van der Waals surface area contributed by atoms with Crippen LogP contribution >= 0.6 is 11.3 Å². The number of piperazine rings is 1. The Labute approximate surface area is 114 Å². The van der Waals surface area contributed by atoms with Crippen LogP contribution in [0.15, 0.2) is 11.6 Å². The van der Waals surface area contributed by atoms with Crippen molar-refractivity contribution >= 4 is 11.3 Å². The zero-order chi connectivity index (χ0) is 12.5. The highest BCUT2D eigenvalue weighted by Crippen LogP contribution is 2.32. The quantitative estimate of drug-likeness (QED) is 0.838. The predicted octanol–water partition coefficient (Wildman–Crippen LogP) is 2.76. The lowest BCUT2D eigenvalue weighted by molar-refractivity contribution is 0.0227. The zero-order valence-electron chi connectivity index (χ0n) is 11.4. The van der Waals surface area contributed by atoms with Gasteiger partial charge in [-0.3, -0.25) is 9.80 Å². The van der Waals surface area contributed by atoms with E-state index in [1.54, 1.807) is 11.3 Å². The minimum Gasteiger partial charge on any atom is -0.298 e. The number of hydrogen-bond acceptors (Lipinski definition) is 4. The van der Waals surface area contributed by atoms with Gasteiger partial charge in [0.15, 0.2) is 0 Å². The Hall–Kier alpha value is -0.450. The summed E-state index contributed by atoms with van der Waals surface area (Å²) < 4.78 is 0. The lowest BCUT2D eigenvalue weighted by atomic mass is 10.0. The second-order valence-electron chi connectivity index (χ2n) is 5.60. The topological polar surface area (TPSA) is 19.4 Å². The van der Waals surface area contributed by atoms with Gasteiger partial charge in [0.05, 0.1) is 6.04 Å². The first-order valence-electron chi connectivity index (χ1n) is 7.18. The van der Waals surface area contributed by atoms with Crippen molar-refractivity contribution in [1.82, 2.24) is 14.8 Å². The van der Waals surface area contributed by atoms with E-state index >= 15 is 0 Å². The van der Waals surface area contributed by atoms with Crippen LogP contribution < -0.4 is 0 Å². The van der Waals surface area contributed by atoms with Gasteiger partial charge in [-0.25, -0.2) is 4.98 Å². The van der Waals surface area contributed by atoms with E-state index in [4.69, 9.17) is 0 Å². The van der Waals surface area contributed by atoms with Crippen LogP contribution in [0.2, 0.25) is 0 Å². The van der Waals surface area contributed by atoms with Crippen LogP contribution in [-0.2, 0) is 0 Å². The number of hydrogen-bond donors (Lipinski definition) is 0. The molecule has 100 valence electrons.